The monoisotopic (exact) mass is 273 g/mol. The average molecular weight is 274 g/mol. The topological polar surface area (TPSA) is 29.1 Å². The Balaban J connectivity index is 2.23. The van der Waals surface area contributed by atoms with Gasteiger partial charge >= 0.3 is 0 Å². The molecule has 2 aromatic rings. The van der Waals surface area contributed by atoms with E-state index in [1.807, 2.05) is 48.5 Å². The molecule has 3 heteroatoms. The average Bonchev–Trinajstić information content (AvgIpc) is 2.49. The highest BCUT2D eigenvalue weighted by Gasteiger charge is 2.27. The Morgan fingerprint density at radius 1 is 1.00 bits per heavy atom. The van der Waals surface area contributed by atoms with Gasteiger partial charge in [-0.25, -0.2) is 0 Å². The van der Waals surface area contributed by atoms with E-state index in [0.717, 1.165) is 5.56 Å². The first-order valence-electron chi connectivity index (χ1n) is 6.19. The van der Waals surface area contributed by atoms with Crippen LogP contribution in [0.1, 0.15) is 21.3 Å². The van der Waals surface area contributed by atoms with Crippen LogP contribution in [-0.4, -0.2) is 18.9 Å². The van der Waals surface area contributed by atoms with E-state index >= 15 is 0 Å². The van der Waals surface area contributed by atoms with Crippen molar-refractivity contribution in [3.63, 3.8) is 0 Å². The highest BCUT2D eigenvalue weighted by Crippen LogP contribution is 2.26. The first-order valence-corrected chi connectivity index (χ1v) is 6.63. The molecule has 0 spiro atoms. The van der Waals surface area contributed by atoms with Crippen molar-refractivity contribution in [1.82, 2.24) is 5.32 Å². The van der Waals surface area contributed by atoms with Crippen molar-refractivity contribution < 1.29 is 4.79 Å². The molecule has 2 aromatic carbocycles. The molecule has 2 rings (SSSR count). The van der Waals surface area contributed by atoms with Gasteiger partial charge in [0.1, 0.15) is 0 Å². The van der Waals surface area contributed by atoms with E-state index in [-0.39, 0.29) is 11.2 Å². The number of hydrogen-bond donors (Lipinski definition) is 1. The maximum atomic E-state index is 12.4. The van der Waals surface area contributed by atoms with Crippen LogP contribution in [0.2, 0.25) is 0 Å². The molecule has 0 amide bonds. The first kappa shape index (κ1) is 13.8. The fourth-order valence-corrected chi connectivity index (χ4v) is 2.41. The van der Waals surface area contributed by atoms with Gasteiger partial charge in [-0.3, -0.25) is 4.79 Å². The fourth-order valence-electron chi connectivity index (χ4n) is 2.02. The van der Waals surface area contributed by atoms with Gasteiger partial charge in [0, 0.05) is 5.56 Å². The van der Waals surface area contributed by atoms with Gasteiger partial charge in [0.2, 0.25) is 0 Å². The SMILES string of the molecule is CNC(C(=O)c1ccccc1)C(Cl)c1ccccc1. The predicted octanol–water partition coefficient (Wildman–Crippen LogP) is 3.44. The Hall–Kier alpha value is -1.64. The Kier molecular flexibility index (Phi) is 4.72. The van der Waals surface area contributed by atoms with E-state index in [1.54, 1.807) is 19.2 Å². The van der Waals surface area contributed by atoms with Gasteiger partial charge < -0.3 is 5.32 Å². The number of carbonyl (C=O) groups is 1. The molecule has 0 saturated heterocycles. The summed E-state index contributed by atoms with van der Waals surface area (Å²) >= 11 is 6.43. The Bertz CT molecular complexity index is 527. The van der Waals surface area contributed by atoms with Crippen molar-refractivity contribution in [3.05, 3.63) is 71.8 Å². The van der Waals surface area contributed by atoms with Crippen LogP contribution < -0.4 is 5.32 Å². The molecule has 0 aromatic heterocycles. The largest absolute Gasteiger partial charge is 0.309 e. The van der Waals surface area contributed by atoms with Crippen molar-refractivity contribution in [2.75, 3.05) is 7.05 Å². The lowest BCUT2D eigenvalue weighted by atomic mass is 9.97. The second-order valence-electron chi connectivity index (χ2n) is 4.31. The summed E-state index contributed by atoms with van der Waals surface area (Å²) in [7, 11) is 1.75. The lowest BCUT2D eigenvalue weighted by Gasteiger charge is -2.21. The van der Waals surface area contributed by atoms with Crippen LogP contribution >= 0.6 is 11.6 Å². The molecule has 2 atom stereocenters. The standard InChI is InChI=1S/C16H16ClNO/c1-18-15(14(17)12-8-4-2-5-9-12)16(19)13-10-6-3-7-11-13/h2-11,14-15,18H,1H3. The molecular weight excluding hydrogens is 258 g/mol. The molecule has 0 saturated carbocycles. The third-order valence-electron chi connectivity index (χ3n) is 3.06. The molecule has 98 valence electrons. The molecule has 0 aliphatic carbocycles. The van der Waals surface area contributed by atoms with Gasteiger partial charge in [-0.2, -0.15) is 0 Å². The fraction of sp³-hybridized carbons (Fsp3) is 0.188. The maximum Gasteiger partial charge on any atom is 0.181 e. The number of rotatable bonds is 5. The first-order chi connectivity index (χ1) is 9.24. The third-order valence-corrected chi connectivity index (χ3v) is 3.57. The number of Topliss-reactive ketones (excluding diaryl/α,β-unsaturated/α-hetero) is 1. The maximum absolute atomic E-state index is 12.4. The molecule has 1 N–H and O–H groups in total. The van der Waals surface area contributed by atoms with Crippen molar-refractivity contribution in [1.29, 1.82) is 0 Å². The van der Waals surface area contributed by atoms with Crippen molar-refractivity contribution in [2.24, 2.45) is 0 Å². The summed E-state index contributed by atoms with van der Waals surface area (Å²) in [5, 5.41) is 2.63. The summed E-state index contributed by atoms with van der Waals surface area (Å²) in [5.41, 5.74) is 1.61. The number of ketones is 1. The van der Waals surface area contributed by atoms with Crippen LogP contribution in [0.4, 0.5) is 0 Å². The lowest BCUT2D eigenvalue weighted by Crippen LogP contribution is -2.37. The highest BCUT2D eigenvalue weighted by atomic mass is 35.5. The molecule has 19 heavy (non-hydrogen) atoms. The Morgan fingerprint density at radius 2 is 1.53 bits per heavy atom. The second-order valence-corrected chi connectivity index (χ2v) is 4.78. The van der Waals surface area contributed by atoms with Gasteiger partial charge in [0.25, 0.3) is 0 Å². The summed E-state index contributed by atoms with van der Waals surface area (Å²) in [6.45, 7) is 0. The summed E-state index contributed by atoms with van der Waals surface area (Å²) < 4.78 is 0. The zero-order valence-corrected chi connectivity index (χ0v) is 11.5. The van der Waals surface area contributed by atoms with Gasteiger partial charge in [-0.05, 0) is 12.6 Å². The van der Waals surface area contributed by atoms with E-state index in [0.29, 0.717) is 5.56 Å². The van der Waals surface area contributed by atoms with Gasteiger partial charge in [0.05, 0.1) is 11.4 Å². The molecule has 0 radical (unpaired) electrons. The van der Waals surface area contributed by atoms with Gasteiger partial charge in [-0.15, -0.1) is 11.6 Å². The number of carbonyl (C=O) groups excluding carboxylic acids is 1. The quantitative estimate of drug-likeness (QED) is 0.668. The smallest absolute Gasteiger partial charge is 0.181 e. The molecular formula is C16H16ClNO. The van der Waals surface area contributed by atoms with Crippen LogP contribution in [0.15, 0.2) is 60.7 Å². The van der Waals surface area contributed by atoms with Crippen molar-refractivity contribution in [2.45, 2.75) is 11.4 Å². The van der Waals surface area contributed by atoms with Crippen LogP contribution in [0.25, 0.3) is 0 Å². The molecule has 0 aliphatic heterocycles. The Labute approximate surface area is 118 Å². The van der Waals surface area contributed by atoms with Crippen LogP contribution in [0.5, 0.6) is 0 Å². The zero-order chi connectivity index (χ0) is 13.7. The van der Waals surface area contributed by atoms with E-state index in [2.05, 4.69) is 5.32 Å². The second kappa shape index (κ2) is 6.50. The van der Waals surface area contributed by atoms with E-state index in [1.165, 1.54) is 0 Å². The number of halogens is 1. The van der Waals surface area contributed by atoms with Crippen molar-refractivity contribution >= 4 is 17.4 Å². The molecule has 0 heterocycles. The number of likely N-dealkylation sites (N-methyl/N-ethyl adjacent to an activating group) is 1. The van der Waals surface area contributed by atoms with E-state index < -0.39 is 6.04 Å². The summed E-state index contributed by atoms with van der Waals surface area (Å²) in [6.07, 6.45) is 0. The number of benzene rings is 2. The number of nitrogens with one attached hydrogen (secondary N) is 1. The summed E-state index contributed by atoms with van der Waals surface area (Å²) in [4.78, 5) is 12.4. The van der Waals surface area contributed by atoms with Crippen LogP contribution in [0.3, 0.4) is 0 Å². The van der Waals surface area contributed by atoms with Crippen LogP contribution in [0, 0.1) is 0 Å². The Morgan fingerprint density at radius 3 is 2.05 bits per heavy atom. The lowest BCUT2D eigenvalue weighted by molar-refractivity contribution is 0.0944. The van der Waals surface area contributed by atoms with Crippen LogP contribution in [-0.2, 0) is 0 Å². The zero-order valence-electron chi connectivity index (χ0n) is 10.7. The van der Waals surface area contributed by atoms with Crippen molar-refractivity contribution in [3.8, 4) is 0 Å². The molecule has 2 unspecified atom stereocenters. The normalized spacial score (nSPS) is 13.8. The third kappa shape index (κ3) is 3.22. The van der Waals surface area contributed by atoms with E-state index in [4.69, 9.17) is 11.6 Å². The molecule has 0 bridgehead atoms. The van der Waals surface area contributed by atoms with E-state index in [9.17, 15) is 4.79 Å². The minimum absolute atomic E-state index is 0.00644. The number of alkyl halides is 1. The van der Waals surface area contributed by atoms with Gasteiger partial charge in [-0.1, -0.05) is 60.7 Å². The summed E-state index contributed by atoms with van der Waals surface area (Å²) in [6, 6.07) is 18.4. The molecule has 2 nitrogen and oxygen atoms in total. The minimum Gasteiger partial charge on any atom is -0.309 e. The molecule has 0 fully saturated rings. The van der Waals surface area contributed by atoms with Gasteiger partial charge in [0.15, 0.2) is 5.78 Å². The minimum atomic E-state index is -0.438. The molecule has 0 aliphatic rings. The highest BCUT2D eigenvalue weighted by molar-refractivity contribution is 6.24. The number of hydrogen-bond acceptors (Lipinski definition) is 2. The summed E-state index contributed by atoms with van der Waals surface area (Å²) in [5.74, 6) is 0.00644. The predicted molar refractivity (Wildman–Crippen MR) is 78.7 cm³/mol.